The summed E-state index contributed by atoms with van der Waals surface area (Å²) in [6.07, 6.45) is 2.60. The van der Waals surface area contributed by atoms with Gasteiger partial charge in [0, 0.05) is 0 Å². The highest BCUT2D eigenvalue weighted by molar-refractivity contribution is 5.79. The van der Waals surface area contributed by atoms with Crippen LogP contribution in [0.2, 0.25) is 0 Å². The highest BCUT2D eigenvalue weighted by atomic mass is 16.5. The molecule has 0 amide bonds. The van der Waals surface area contributed by atoms with Gasteiger partial charge in [0.05, 0.1) is 18.4 Å². The van der Waals surface area contributed by atoms with Crippen molar-refractivity contribution >= 4 is 11.9 Å². The Morgan fingerprint density at radius 1 is 1.44 bits per heavy atom. The molecule has 92 valence electrons. The Morgan fingerprint density at radius 3 is 2.50 bits per heavy atom. The summed E-state index contributed by atoms with van der Waals surface area (Å²) >= 11 is 0. The van der Waals surface area contributed by atoms with E-state index >= 15 is 0 Å². The zero-order valence-electron chi connectivity index (χ0n) is 10.2. The van der Waals surface area contributed by atoms with Crippen LogP contribution in [0.3, 0.4) is 0 Å². The van der Waals surface area contributed by atoms with Crippen LogP contribution in [0.1, 0.15) is 39.5 Å². The van der Waals surface area contributed by atoms with E-state index in [2.05, 4.69) is 0 Å². The summed E-state index contributed by atoms with van der Waals surface area (Å²) in [5, 5.41) is 9.05. The van der Waals surface area contributed by atoms with Gasteiger partial charge in [0.1, 0.15) is 0 Å². The minimum Gasteiger partial charge on any atom is -0.481 e. The summed E-state index contributed by atoms with van der Waals surface area (Å²) in [7, 11) is 1.37. The molecule has 0 saturated heterocycles. The molecule has 0 aliphatic heterocycles. The molecule has 1 saturated carbocycles. The van der Waals surface area contributed by atoms with Gasteiger partial charge in [-0.2, -0.15) is 0 Å². The average Bonchev–Trinajstić information content (AvgIpc) is 2.27. The molecule has 1 N–H and O–H groups in total. The lowest BCUT2D eigenvalue weighted by atomic mass is 9.63. The zero-order valence-corrected chi connectivity index (χ0v) is 10.2. The fraction of sp³-hybridized carbons (Fsp3) is 0.833. The van der Waals surface area contributed by atoms with Crippen LogP contribution in [0.15, 0.2) is 0 Å². The molecule has 1 fully saturated rings. The summed E-state index contributed by atoms with van der Waals surface area (Å²) in [6.45, 7) is 3.92. The molecule has 0 aromatic carbocycles. The molecular formula is C12H20O4. The number of esters is 1. The lowest BCUT2D eigenvalue weighted by Crippen LogP contribution is -2.43. The number of carbonyl (C=O) groups is 2. The minimum atomic E-state index is -0.798. The molecule has 1 aliphatic rings. The summed E-state index contributed by atoms with van der Waals surface area (Å²) < 4.78 is 4.85. The Labute approximate surface area is 96.0 Å². The predicted octanol–water partition coefficient (Wildman–Crippen LogP) is 2.08. The number of rotatable bonds is 3. The molecule has 0 radical (unpaired) electrons. The maximum absolute atomic E-state index is 11.9. The van der Waals surface area contributed by atoms with Gasteiger partial charge in [-0.25, -0.2) is 0 Å². The predicted molar refractivity (Wildman–Crippen MR) is 58.9 cm³/mol. The maximum Gasteiger partial charge on any atom is 0.312 e. The van der Waals surface area contributed by atoms with Crippen LogP contribution < -0.4 is 0 Å². The number of carboxylic acids is 1. The molecular weight excluding hydrogens is 208 g/mol. The molecule has 4 heteroatoms. The van der Waals surface area contributed by atoms with E-state index < -0.39 is 17.3 Å². The quantitative estimate of drug-likeness (QED) is 0.751. The number of ether oxygens (including phenoxy) is 1. The molecule has 1 rings (SSSR count). The van der Waals surface area contributed by atoms with Gasteiger partial charge in [-0.15, -0.1) is 0 Å². The van der Waals surface area contributed by atoms with Crippen molar-refractivity contribution in [1.82, 2.24) is 0 Å². The molecule has 0 bridgehead atoms. The van der Waals surface area contributed by atoms with E-state index in [-0.39, 0.29) is 11.9 Å². The van der Waals surface area contributed by atoms with E-state index in [1.807, 2.05) is 13.8 Å². The Kier molecular flexibility index (Phi) is 3.94. The van der Waals surface area contributed by atoms with E-state index in [0.717, 1.165) is 12.8 Å². The smallest absolute Gasteiger partial charge is 0.312 e. The second-order valence-corrected chi connectivity index (χ2v) is 4.93. The zero-order chi connectivity index (χ0) is 12.3. The number of aliphatic carboxylic acids is 1. The van der Waals surface area contributed by atoms with Gasteiger partial charge in [-0.05, 0) is 25.2 Å². The lowest BCUT2D eigenvalue weighted by Gasteiger charge is -2.40. The molecule has 0 unspecified atom stereocenters. The molecule has 0 heterocycles. The van der Waals surface area contributed by atoms with Crippen molar-refractivity contribution in [2.45, 2.75) is 39.5 Å². The van der Waals surface area contributed by atoms with Gasteiger partial charge in [0.2, 0.25) is 0 Å². The third-order valence-corrected chi connectivity index (χ3v) is 3.83. The van der Waals surface area contributed by atoms with Gasteiger partial charge in [0.15, 0.2) is 0 Å². The van der Waals surface area contributed by atoms with Crippen LogP contribution in [0.4, 0.5) is 0 Å². The molecule has 1 aliphatic carbocycles. The fourth-order valence-electron chi connectivity index (χ4n) is 2.67. The number of hydrogen-bond acceptors (Lipinski definition) is 3. The maximum atomic E-state index is 11.9. The third kappa shape index (κ3) is 2.20. The van der Waals surface area contributed by atoms with Gasteiger partial charge >= 0.3 is 11.9 Å². The number of methoxy groups -OCH3 is 1. The highest BCUT2D eigenvalue weighted by Crippen LogP contribution is 2.45. The Hall–Kier alpha value is -1.06. The van der Waals surface area contributed by atoms with Crippen molar-refractivity contribution in [2.24, 2.45) is 17.3 Å². The molecule has 0 aromatic heterocycles. The number of carboxylic acid groups (broad SMARTS) is 1. The Balaban J connectivity index is 2.93. The van der Waals surface area contributed by atoms with Crippen molar-refractivity contribution in [1.29, 1.82) is 0 Å². The first-order valence-corrected chi connectivity index (χ1v) is 5.75. The number of hydrogen-bond donors (Lipinski definition) is 1. The van der Waals surface area contributed by atoms with E-state index in [4.69, 9.17) is 9.84 Å². The summed E-state index contributed by atoms with van der Waals surface area (Å²) in [5.74, 6) is -1.35. The largest absolute Gasteiger partial charge is 0.481 e. The number of carbonyl (C=O) groups excluding carboxylic acids is 1. The molecule has 16 heavy (non-hydrogen) atoms. The van der Waals surface area contributed by atoms with Crippen LogP contribution in [0.5, 0.6) is 0 Å². The highest BCUT2D eigenvalue weighted by Gasteiger charge is 2.47. The van der Waals surface area contributed by atoms with Crippen LogP contribution in [-0.4, -0.2) is 24.2 Å². The summed E-state index contributed by atoms with van der Waals surface area (Å²) in [6, 6.07) is 0. The first kappa shape index (κ1) is 13.0. The first-order valence-electron chi connectivity index (χ1n) is 5.75. The van der Waals surface area contributed by atoms with Crippen LogP contribution >= 0.6 is 0 Å². The second kappa shape index (κ2) is 4.85. The van der Waals surface area contributed by atoms with Gasteiger partial charge in [-0.1, -0.05) is 20.3 Å². The van der Waals surface area contributed by atoms with Gasteiger partial charge in [0.25, 0.3) is 0 Å². The standard InChI is InChI=1S/C12H20O4/c1-8(2)12(11(15)16-3)6-4-5-9(7-12)10(13)14/h8-9H,4-7H2,1-3H3,(H,13,14)/t9-,12-/m0/s1. The summed E-state index contributed by atoms with van der Waals surface area (Å²) in [4.78, 5) is 22.9. The van der Waals surface area contributed by atoms with Crippen molar-refractivity contribution in [2.75, 3.05) is 7.11 Å². The fourth-order valence-corrected chi connectivity index (χ4v) is 2.67. The second-order valence-electron chi connectivity index (χ2n) is 4.93. The monoisotopic (exact) mass is 228 g/mol. The third-order valence-electron chi connectivity index (χ3n) is 3.83. The van der Waals surface area contributed by atoms with E-state index in [1.54, 1.807) is 0 Å². The molecule has 2 atom stereocenters. The molecule has 0 spiro atoms. The van der Waals surface area contributed by atoms with Gasteiger partial charge < -0.3 is 9.84 Å². The van der Waals surface area contributed by atoms with Crippen molar-refractivity contribution < 1.29 is 19.4 Å². The topological polar surface area (TPSA) is 63.6 Å². The van der Waals surface area contributed by atoms with Crippen molar-refractivity contribution in [3.8, 4) is 0 Å². The van der Waals surface area contributed by atoms with Crippen molar-refractivity contribution in [3.05, 3.63) is 0 Å². The van der Waals surface area contributed by atoms with E-state index in [0.29, 0.717) is 12.8 Å². The van der Waals surface area contributed by atoms with Crippen LogP contribution in [0, 0.1) is 17.3 Å². The van der Waals surface area contributed by atoms with Crippen molar-refractivity contribution in [3.63, 3.8) is 0 Å². The SMILES string of the molecule is COC(=O)[C@@]1(C(C)C)CCC[C@H](C(=O)O)C1. The molecule has 4 nitrogen and oxygen atoms in total. The average molecular weight is 228 g/mol. The minimum absolute atomic E-state index is 0.113. The Morgan fingerprint density at radius 2 is 2.06 bits per heavy atom. The first-order chi connectivity index (χ1) is 7.44. The van der Waals surface area contributed by atoms with Gasteiger partial charge in [-0.3, -0.25) is 9.59 Å². The van der Waals surface area contributed by atoms with E-state index in [9.17, 15) is 9.59 Å². The molecule has 0 aromatic rings. The normalized spacial score (nSPS) is 30.1. The van der Waals surface area contributed by atoms with Crippen LogP contribution in [0.25, 0.3) is 0 Å². The van der Waals surface area contributed by atoms with E-state index in [1.165, 1.54) is 7.11 Å². The Bertz CT molecular complexity index is 285. The van der Waals surface area contributed by atoms with Crippen LogP contribution in [-0.2, 0) is 14.3 Å². The lowest BCUT2D eigenvalue weighted by molar-refractivity contribution is -0.162. The summed E-state index contributed by atoms with van der Waals surface area (Å²) in [5.41, 5.74) is -0.601.